The van der Waals surface area contributed by atoms with E-state index in [1.807, 2.05) is 28.0 Å². The van der Waals surface area contributed by atoms with Crippen LogP contribution < -0.4 is 4.74 Å². The van der Waals surface area contributed by atoms with Gasteiger partial charge < -0.3 is 14.5 Å². The van der Waals surface area contributed by atoms with Crippen molar-refractivity contribution in [2.45, 2.75) is 32.1 Å². The van der Waals surface area contributed by atoms with Crippen molar-refractivity contribution < 1.29 is 14.3 Å². The third-order valence-corrected chi connectivity index (χ3v) is 5.15. The summed E-state index contributed by atoms with van der Waals surface area (Å²) < 4.78 is 5.18. The average Bonchev–Trinajstić information content (AvgIpc) is 2.67. The summed E-state index contributed by atoms with van der Waals surface area (Å²) in [5.41, 5.74) is 0.640. The number of hydrogen-bond acceptors (Lipinski definition) is 3. The summed E-state index contributed by atoms with van der Waals surface area (Å²) in [7, 11) is 1.60. The van der Waals surface area contributed by atoms with Crippen LogP contribution in [0.15, 0.2) is 24.3 Å². The van der Waals surface area contributed by atoms with Gasteiger partial charge in [-0.3, -0.25) is 9.59 Å². The van der Waals surface area contributed by atoms with Crippen LogP contribution in [0.4, 0.5) is 0 Å². The largest absolute Gasteiger partial charge is 0.497 e. The lowest BCUT2D eigenvalue weighted by atomic mass is 9.88. The molecule has 1 heterocycles. The number of hydrogen-bond donors (Lipinski definition) is 0. The van der Waals surface area contributed by atoms with E-state index in [4.69, 9.17) is 4.74 Å². The minimum absolute atomic E-state index is 0.0127. The monoisotopic (exact) mass is 330 g/mol. The number of carbonyl (C=O) groups excluding carboxylic acids is 2. The van der Waals surface area contributed by atoms with Crippen LogP contribution in [0, 0.1) is 5.92 Å². The minimum atomic E-state index is 0.0127. The lowest BCUT2D eigenvalue weighted by molar-refractivity contribution is -0.138. The topological polar surface area (TPSA) is 49.9 Å². The molecule has 5 nitrogen and oxygen atoms in total. The van der Waals surface area contributed by atoms with Gasteiger partial charge >= 0.3 is 0 Å². The smallest absolute Gasteiger partial charge is 0.254 e. The van der Waals surface area contributed by atoms with Crippen LogP contribution in [0.2, 0.25) is 0 Å². The second kappa shape index (κ2) is 7.69. The molecule has 1 saturated carbocycles. The summed E-state index contributed by atoms with van der Waals surface area (Å²) in [5, 5.41) is 0. The molecule has 2 aliphatic rings. The highest BCUT2D eigenvalue weighted by molar-refractivity contribution is 5.94. The third kappa shape index (κ3) is 3.71. The van der Waals surface area contributed by atoms with E-state index < -0.39 is 0 Å². The number of piperazine rings is 1. The van der Waals surface area contributed by atoms with E-state index in [0.29, 0.717) is 43.4 Å². The van der Waals surface area contributed by atoms with Crippen molar-refractivity contribution in [1.82, 2.24) is 9.80 Å². The molecule has 2 amide bonds. The molecule has 130 valence electrons. The van der Waals surface area contributed by atoms with E-state index in [9.17, 15) is 9.59 Å². The van der Waals surface area contributed by atoms with Gasteiger partial charge in [-0.15, -0.1) is 0 Å². The molecule has 1 aromatic carbocycles. The second-order valence-corrected chi connectivity index (χ2v) is 6.68. The molecule has 0 radical (unpaired) electrons. The fourth-order valence-corrected chi connectivity index (χ4v) is 3.68. The van der Waals surface area contributed by atoms with Crippen LogP contribution in [0.1, 0.15) is 42.5 Å². The first-order valence-corrected chi connectivity index (χ1v) is 8.91. The van der Waals surface area contributed by atoms with Crippen LogP contribution in [-0.4, -0.2) is 54.9 Å². The van der Waals surface area contributed by atoms with Crippen molar-refractivity contribution >= 4 is 11.8 Å². The van der Waals surface area contributed by atoms with Crippen LogP contribution in [0.3, 0.4) is 0 Å². The first-order valence-electron chi connectivity index (χ1n) is 8.91. The van der Waals surface area contributed by atoms with Crippen molar-refractivity contribution in [2.75, 3.05) is 33.3 Å². The molecule has 0 spiro atoms. The van der Waals surface area contributed by atoms with E-state index in [0.717, 1.165) is 12.8 Å². The molecule has 1 aliphatic heterocycles. The fraction of sp³-hybridized carbons (Fsp3) is 0.579. The van der Waals surface area contributed by atoms with Gasteiger partial charge in [-0.25, -0.2) is 0 Å². The molecule has 3 rings (SSSR count). The highest BCUT2D eigenvalue weighted by Gasteiger charge is 2.29. The normalized spacial score (nSPS) is 19.2. The number of rotatable bonds is 3. The summed E-state index contributed by atoms with van der Waals surface area (Å²) in [4.78, 5) is 29.0. The molecule has 24 heavy (non-hydrogen) atoms. The maximum Gasteiger partial charge on any atom is 0.254 e. The van der Waals surface area contributed by atoms with E-state index in [-0.39, 0.29) is 11.8 Å². The zero-order valence-electron chi connectivity index (χ0n) is 14.4. The highest BCUT2D eigenvalue weighted by atomic mass is 16.5. The second-order valence-electron chi connectivity index (χ2n) is 6.68. The van der Waals surface area contributed by atoms with Gasteiger partial charge in [0.1, 0.15) is 5.75 Å². The predicted octanol–water partition coefficient (Wildman–Crippen LogP) is 2.56. The Morgan fingerprint density at radius 3 is 2.33 bits per heavy atom. The summed E-state index contributed by atoms with van der Waals surface area (Å²) in [5.74, 6) is 1.20. The number of nitrogens with zero attached hydrogens (tertiary/aromatic N) is 2. The number of carbonyl (C=O) groups is 2. The quantitative estimate of drug-likeness (QED) is 0.856. The van der Waals surface area contributed by atoms with Gasteiger partial charge in [-0.05, 0) is 31.0 Å². The van der Waals surface area contributed by atoms with Crippen LogP contribution in [0.5, 0.6) is 5.75 Å². The van der Waals surface area contributed by atoms with Gasteiger partial charge in [0, 0.05) is 37.7 Å². The van der Waals surface area contributed by atoms with Gasteiger partial charge in [0.25, 0.3) is 5.91 Å². The fourth-order valence-electron chi connectivity index (χ4n) is 3.68. The first-order chi connectivity index (χ1) is 11.7. The predicted molar refractivity (Wildman–Crippen MR) is 92.1 cm³/mol. The molecule has 0 bridgehead atoms. The van der Waals surface area contributed by atoms with Crippen LogP contribution >= 0.6 is 0 Å². The molecular weight excluding hydrogens is 304 g/mol. The zero-order chi connectivity index (χ0) is 16.9. The summed E-state index contributed by atoms with van der Waals surface area (Å²) in [6.07, 6.45) is 5.66. The van der Waals surface area contributed by atoms with Gasteiger partial charge in [0.05, 0.1) is 7.11 Å². The number of ether oxygens (including phenoxy) is 1. The number of amides is 2. The Hall–Kier alpha value is -2.04. The SMILES string of the molecule is COc1cccc(C(=O)N2CCN(C(=O)C3CCCCC3)CC2)c1. The van der Waals surface area contributed by atoms with Crippen molar-refractivity contribution in [3.05, 3.63) is 29.8 Å². The van der Waals surface area contributed by atoms with Gasteiger partial charge in [0.15, 0.2) is 0 Å². The Morgan fingerprint density at radius 1 is 1.00 bits per heavy atom. The maximum absolute atomic E-state index is 12.6. The molecule has 0 N–H and O–H groups in total. The lowest BCUT2D eigenvalue weighted by Crippen LogP contribution is -2.52. The van der Waals surface area contributed by atoms with Gasteiger partial charge in [-0.2, -0.15) is 0 Å². The molecule has 2 fully saturated rings. The Balaban J connectivity index is 1.56. The van der Waals surface area contributed by atoms with Gasteiger partial charge in [0.2, 0.25) is 5.91 Å². The summed E-state index contributed by atoms with van der Waals surface area (Å²) in [6.45, 7) is 2.50. The Labute approximate surface area is 143 Å². The Bertz CT molecular complexity index is 588. The third-order valence-electron chi connectivity index (χ3n) is 5.15. The molecule has 5 heteroatoms. The zero-order valence-corrected chi connectivity index (χ0v) is 14.4. The average molecular weight is 330 g/mol. The summed E-state index contributed by atoms with van der Waals surface area (Å²) in [6, 6.07) is 7.23. The molecule has 0 atom stereocenters. The van der Waals surface area contributed by atoms with E-state index in [1.165, 1.54) is 19.3 Å². The van der Waals surface area contributed by atoms with E-state index >= 15 is 0 Å². The molecule has 0 aromatic heterocycles. The number of benzene rings is 1. The van der Waals surface area contributed by atoms with Crippen LogP contribution in [-0.2, 0) is 4.79 Å². The van der Waals surface area contributed by atoms with Crippen LogP contribution in [0.25, 0.3) is 0 Å². The highest BCUT2D eigenvalue weighted by Crippen LogP contribution is 2.26. The minimum Gasteiger partial charge on any atom is -0.497 e. The summed E-state index contributed by atoms with van der Waals surface area (Å²) >= 11 is 0. The van der Waals surface area contributed by atoms with E-state index in [1.54, 1.807) is 13.2 Å². The maximum atomic E-state index is 12.6. The lowest BCUT2D eigenvalue weighted by Gasteiger charge is -2.37. The molecule has 1 aromatic rings. The van der Waals surface area contributed by atoms with Gasteiger partial charge in [-0.1, -0.05) is 25.3 Å². The first kappa shape index (κ1) is 16.8. The van der Waals surface area contributed by atoms with E-state index in [2.05, 4.69) is 0 Å². The molecular formula is C19H26N2O3. The van der Waals surface area contributed by atoms with Crippen molar-refractivity contribution in [3.8, 4) is 5.75 Å². The van der Waals surface area contributed by atoms with Crippen molar-refractivity contribution in [3.63, 3.8) is 0 Å². The number of methoxy groups -OCH3 is 1. The standard InChI is InChI=1S/C19H26N2O3/c1-24-17-9-5-8-16(14-17)19(23)21-12-10-20(11-13-21)18(22)15-6-3-2-4-7-15/h5,8-9,14-15H,2-4,6-7,10-13H2,1H3. The Kier molecular flexibility index (Phi) is 5.38. The molecule has 1 aliphatic carbocycles. The molecule has 0 unspecified atom stereocenters. The van der Waals surface area contributed by atoms with Crippen molar-refractivity contribution in [2.24, 2.45) is 5.92 Å². The Morgan fingerprint density at radius 2 is 1.67 bits per heavy atom. The van der Waals surface area contributed by atoms with Crippen molar-refractivity contribution in [1.29, 1.82) is 0 Å². The molecule has 1 saturated heterocycles.